The summed E-state index contributed by atoms with van der Waals surface area (Å²) in [4.78, 5) is 25.3. The molecule has 31 heavy (non-hydrogen) atoms. The average molecular weight is 446 g/mol. The third-order valence-electron chi connectivity index (χ3n) is 4.52. The molecule has 0 aromatic heterocycles. The molecule has 1 heterocycles. The molecule has 0 radical (unpaired) electrons. The van der Waals surface area contributed by atoms with Crippen LogP contribution in [0.5, 0.6) is 17.2 Å². The minimum absolute atomic E-state index is 0.118. The summed E-state index contributed by atoms with van der Waals surface area (Å²) in [5, 5.41) is 7.27. The highest BCUT2D eigenvalue weighted by Gasteiger charge is 2.25. The molecular weight excluding hydrogens is 422 g/mol. The summed E-state index contributed by atoms with van der Waals surface area (Å²) in [6, 6.07) is 9.20. The van der Waals surface area contributed by atoms with Crippen LogP contribution in [0.15, 0.2) is 41.5 Å². The monoisotopic (exact) mass is 445 g/mol. The number of carbonyl (C=O) groups excluding carboxylic acids is 2. The molecule has 0 aliphatic carbocycles. The molecule has 3 rings (SSSR count). The number of amides is 2. The van der Waals surface area contributed by atoms with Gasteiger partial charge in [-0.3, -0.25) is 9.59 Å². The van der Waals surface area contributed by atoms with Gasteiger partial charge in [0.05, 0.1) is 12.8 Å². The lowest BCUT2D eigenvalue weighted by atomic mass is 10.0. The third-order valence-corrected chi connectivity index (χ3v) is 4.76. The van der Waals surface area contributed by atoms with Crippen LogP contribution in [-0.4, -0.2) is 37.5 Å². The molecule has 2 aromatic rings. The first-order valence-electron chi connectivity index (χ1n) is 9.84. The van der Waals surface area contributed by atoms with Crippen molar-refractivity contribution in [2.75, 3.05) is 13.4 Å². The Hall–Kier alpha value is -3.26. The number of benzene rings is 2. The number of nitrogens with zero attached hydrogens (tertiary/aromatic N) is 1. The van der Waals surface area contributed by atoms with Crippen molar-refractivity contribution < 1.29 is 23.8 Å². The molecule has 2 N–H and O–H groups in total. The van der Waals surface area contributed by atoms with Crippen molar-refractivity contribution in [3.63, 3.8) is 0 Å². The molecule has 8 nitrogen and oxygen atoms in total. The molecule has 0 saturated heterocycles. The van der Waals surface area contributed by atoms with Gasteiger partial charge in [0, 0.05) is 16.1 Å². The molecule has 0 spiro atoms. The molecular formula is C22H24ClN3O5. The predicted octanol–water partition coefficient (Wildman–Crippen LogP) is 3.37. The molecule has 1 unspecified atom stereocenters. The maximum absolute atomic E-state index is 12.7. The Bertz CT molecular complexity index is 993. The zero-order chi connectivity index (χ0) is 22.4. The van der Waals surface area contributed by atoms with Gasteiger partial charge in [0.2, 0.25) is 6.79 Å². The highest BCUT2D eigenvalue weighted by molar-refractivity contribution is 6.30. The normalized spacial score (nSPS) is 13.3. The molecule has 0 bridgehead atoms. The third kappa shape index (κ3) is 5.67. The van der Waals surface area contributed by atoms with Crippen molar-refractivity contribution >= 4 is 29.6 Å². The second-order valence-corrected chi connectivity index (χ2v) is 7.55. The Morgan fingerprint density at radius 2 is 1.97 bits per heavy atom. The van der Waals surface area contributed by atoms with Crippen LogP contribution in [0.25, 0.3) is 0 Å². The molecule has 1 aliphatic heterocycles. The first-order chi connectivity index (χ1) is 14.9. The summed E-state index contributed by atoms with van der Waals surface area (Å²) in [7, 11) is 0. The van der Waals surface area contributed by atoms with Gasteiger partial charge < -0.3 is 19.5 Å². The van der Waals surface area contributed by atoms with Gasteiger partial charge in [0.25, 0.3) is 11.8 Å². The van der Waals surface area contributed by atoms with Crippen LogP contribution in [0, 0.1) is 5.92 Å². The Labute approximate surface area is 185 Å². The van der Waals surface area contributed by atoms with Crippen molar-refractivity contribution in [3.05, 3.63) is 52.5 Å². The van der Waals surface area contributed by atoms with Crippen molar-refractivity contribution in [1.82, 2.24) is 10.7 Å². The molecule has 1 atom stereocenters. The molecule has 1 aliphatic rings. The van der Waals surface area contributed by atoms with E-state index in [1.807, 2.05) is 20.8 Å². The van der Waals surface area contributed by atoms with E-state index >= 15 is 0 Å². The number of hydrogen-bond acceptors (Lipinski definition) is 6. The first-order valence-corrected chi connectivity index (χ1v) is 10.2. The number of carbonyl (C=O) groups is 2. The Morgan fingerprint density at radius 1 is 1.19 bits per heavy atom. The minimum atomic E-state index is -0.791. The number of halogens is 1. The Balaban J connectivity index is 1.66. The number of ether oxygens (including phenoxy) is 3. The fourth-order valence-corrected chi connectivity index (χ4v) is 3.12. The van der Waals surface area contributed by atoms with Gasteiger partial charge >= 0.3 is 0 Å². The standard InChI is InChI=1S/C22H24ClN3O5/c1-4-29-17-8-6-16(23)9-15(17)11-24-26-22(28)20(13(2)3)25-21(27)14-5-7-18-19(10-14)31-12-30-18/h5-11,13,20H,4,12H2,1-3H3,(H,25,27)(H,26,28). The van der Waals surface area contributed by atoms with Crippen molar-refractivity contribution in [3.8, 4) is 17.2 Å². The number of hydrazone groups is 1. The lowest BCUT2D eigenvalue weighted by molar-refractivity contribution is -0.123. The number of hydrogen-bond donors (Lipinski definition) is 2. The summed E-state index contributed by atoms with van der Waals surface area (Å²) >= 11 is 6.03. The highest BCUT2D eigenvalue weighted by Crippen LogP contribution is 2.32. The summed E-state index contributed by atoms with van der Waals surface area (Å²) in [6.07, 6.45) is 1.45. The largest absolute Gasteiger partial charge is 0.493 e. The zero-order valence-electron chi connectivity index (χ0n) is 17.5. The van der Waals surface area contributed by atoms with Crippen LogP contribution in [0.2, 0.25) is 5.02 Å². The molecule has 0 fully saturated rings. The minimum Gasteiger partial charge on any atom is -0.493 e. The van der Waals surface area contributed by atoms with E-state index in [4.69, 9.17) is 25.8 Å². The van der Waals surface area contributed by atoms with Crippen LogP contribution < -0.4 is 25.0 Å². The van der Waals surface area contributed by atoms with E-state index in [0.717, 1.165) is 0 Å². The average Bonchev–Trinajstić information content (AvgIpc) is 3.21. The lowest BCUT2D eigenvalue weighted by Gasteiger charge is -2.20. The van der Waals surface area contributed by atoms with Gasteiger partial charge in [0.15, 0.2) is 11.5 Å². The Kier molecular flexibility index (Phi) is 7.36. The van der Waals surface area contributed by atoms with Crippen LogP contribution in [0.4, 0.5) is 0 Å². The fourth-order valence-electron chi connectivity index (χ4n) is 2.94. The van der Waals surface area contributed by atoms with Crippen LogP contribution in [0.1, 0.15) is 36.7 Å². The summed E-state index contributed by atoms with van der Waals surface area (Å²) in [5.41, 5.74) is 3.46. The van der Waals surface area contributed by atoms with Crippen molar-refractivity contribution in [2.45, 2.75) is 26.8 Å². The second kappa shape index (κ2) is 10.2. The van der Waals surface area contributed by atoms with Gasteiger partial charge in [-0.2, -0.15) is 5.10 Å². The molecule has 164 valence electrons. The smallest absolute Gasteiger partial charge is 0.262 e. The first kappa shape index (κ1) is 22.4. The molecule has 0 saturated carbocycles. The quantitative estimate of drug-likeness (QED) is 0.479. The van der Waals surface area contributed by atoms with Gasteiger partial charge in [-0.25, -0.2) is 5.43 Å². The fraction of sp³-hybridized carbons (Fsp3) is 0.318. The summed E-state index contributed by atoms with van der Waals surface area (Å²) < 4.78 is 16.1. The molecule has 9 heteroatoms. The molecule has 2 amide bonds. The maximum atomic E-state index is 12.7. The van der Waals surface area contributed by atoms with Crippen molar-refractivity contribution in [2.24, 2.45) is 11.0 Å². The van der Waals surface area contributed by atoms with Gasteiger partial charge in [-0.1, -0.05) is 25.4 Å². The topological polar surface area (TPSA) is 98.2 Å². The van der Waals surface area contributed by atoms with Gasteiger partial charge in [0.1, 0.15) is 11.8 Å². The summed E-state index contributed by atoms with van der Waals surface area (Å²) in [6.45, 7) is 6.13. The number of nitrogens with one attached hydrogen (secondary N) is 2. The Morgan fingerprint density at radius 3 is 2.71 bits per heavy atom. The van der Waals surface area contributed by atoms with E-state index in [-0.39, 0.29) is 12.7 Å². The second-order valence-electron chi connectivity index (χ2n) is 7.11. The van der Waals surface area contributed by atoms with E-state index in [2.05, 4.69) is 15.8 Å². The maximum Gasteiger partial charge on any atom is 0.262 e. The SMILES string of the molecule is CCOc1ccc(Cl)cc1C=NNC(=O)C(NC(=O)c1ccc2c(c1)OCO2)C(C)C. The van der Waals surface area contributed by atoms with E-state index in [1.54, 1.807) is 36.4 Å². The van der Waals surface area contributed by atoms with E-state index in [1.165, 1.54) is 6.21 Å². The van der Waals surface area contributed by atoms with E-state index < -0.39 is 17.9 Å². The van der Waals surface area contributed by atoms with Gasteiger partial charge in [-0.05, 0) is 49.2 Å². The predicted molar refractivity (Wildman–Crippen MR) is 117 cm³/mol. The van der Waals surface area contributed by atoms with Gasteiger partial charge in [-0.15, -0.1) is 0 Å². The van der Waals surface area contributed by atoms with E-state index in [0.29, 0.717) is 40.0 Å². The van der Waals surface area contributed by atoms with E-state index in [9.17, 15) is 9.59 Å². The molecule has 2 aromatic carbocycles. The van der Waals surface area contributed by atoms with Crippen LogP contribution in [-0.2, 0) is 4.79 Å². The van der Waals surface area contributed by atoms with Crippen molar-refractivity contribution in [1.29, 1.82) is 0 Å². The van der Waals surface area contributed by atoms with Crippen LogP contribution in [0.3, 0.4) is 0 Å². The lowest BCUT2D eigenvalue weighted by Crippen LogP contribution is -2.48. The highest BCUT2D eigenvalue weighted by atomic mass is 35.5. The number of rotatable bonds is 8. The summed E-state index contributed by atoms with van der Waals surface area (Å²) in [5.74, 6) is 0.663. The zero-order valence-corrected chi connectivity index (χ0v) is 18.2. The number of fused-ring (bicyclic) bond motifs is 1. The van der Waals surface area contributed by atoms with Crippen LogP contribution >= 0.6 is 11.6 Å².